The largest absolute Gasteiger partial charge is 0.448 e. The second kappa shape index (κ2) is 6.74. The van der Waals surface area contributed by atoms with Crippen LogP contribution in [0.15, 0.2) is 11.2 Å². The van der Waals surface area contributed by atoms with Gasteiger partial charge in [-0.15, -0.1) is 11.8 Å². The Bertz CT molecular complexity index is 310. The van der Waals surface area contributed by atoms with E-state index in [-0.39, 0.29) is 6.61 Å². The highest BCUT2D eigenvalue weighted by molar-refractivity contribution is 9.09. The van der Waals surface area contributed by atoms with Crippen molar-refractivity contribution in [1.82, 2.24) is 4.90 Å². The fourth-order valence-electron chi connectivity index (χ4n) is 1.17. The monoisotopic (exact) mass is 310 g/mol. The second-order valence-corrected chi connectivity index (χ2v) is 4.82. The standard InChI is InChI=1S/C8H11BrN2O4S/c9-2-4-15-8(12)10-3-1-5-16-7(10)6-11(13)14/h6H,1-5H2. The van der Waals surface area contributed by atoms with Crippen molar-refractivity contribution in [1.29, 1.82) is 0 Å². The maximum atomic E-state index is 11.6. The van der Waals surface area contributed by atoms with Gasteiger partial charge in [-0.1, -0.05) is 15.9 Å². The molecule has 0 aromatic heterocycles. The zero-order valence-corrected chi connectivity index (χ0v) is 10.8. The zero-order valence-electron chi connectivity index (χ0n) is 8.43. The van der Waals surface area contributed by atoms with E-state index in [0.29, 0.717) is 16.9 Å². The summed E-state index contributed by atoms with van der Waals surface area (Å²) in [5, 5.41) is 11.3. The molecule has 0 radical (unpaired) electrons. The lowest BCUT2D eigenvalue weighted by Gasteiger charge is -2.26. The Hall–Kier alpha value is -0.760. The van der Waals surface area contributed by atoms with Gasteiger partial charge in [0.25, 0.3) is 6.20 Å². The third-order valence-electron chi connectivity index (χ3n) is 1.78. The van der Waals surface area contributed by atoms with Gasteiger partial charge >= 0.3 is 6.09 Å². The van der Waals surface area contributed by atoms with Crippen molar-refractivity contribution in [3.05, 3.63) is 21.3 Å². The van der Waals surface area contributed by atoms with E-state index in [4.69, 9.17) is 4.74 Å². The van der Waals surface area contributed by atoms with Crippen molar-refractivity contribution >= 4 is 33.8 Å². The van der Waals surface area contributed by atoms with E-state index in [0.717, 1.165) is 18.4 Å². The predicted octanol–water partition coefficient (Wildman–Crippen LogP) is 2.03. The van der Waals surface area contributed by atoms with E-state index in [9.17, 15) is 14.9 Å². The summed E-state index contributed by atoms with van der Waals surface area (Å²) in [6.07, 6.45) is 1.13. The molecule has 0 unspecified atom stereocenters. The number of hydrogen-bond donors (Lipinski definition) is 0. The molecule has 1 amide bonds. The molecule has 1 heterocycles. The Labute approximate surface area is 105 Å². The first-order valence-electron chi connectivity index (χ1n) is 4.63. The number of alkyl halides is 1. The lowest BCUT2D eigenvalue weighted by atomic mass is 10.4. The van der Waals surface area contributed by atoms with Crippen molar-refractivity contribution < 1.29 is 14.5 Å². The molecule has 0 N–H and O–H groups in total. The molecule has 90 valence electrons. The normalized spacial score (nSPS) is 18.6. The van der Waals surface area contributed by atoms with Crippen LogP contribution in [-0.2, 0) is 4.74 Å². The SMILES string of the molecule is O=C(OCCBr)N1CCCSC1=C[N+](=O)[O-]. The van der Waals surface area contributed by atoms with E-state index in [1.165, 1.54) is 16.7 Å². The smallest absolute Gasteiger partial charge is 0.414 e. The van der Waals surface area contributed by atoms with Crippen LogP contribution in [0.5, 0.6) is 0 Å². The first-order chi connectivity index (χ1) is 7.65. The molecule has 0 aromatic rings. The van der Waals surface area contributed by atoms with E-state index in [1.54, 1.807) is 0 Å². The Morgan fingerprint density at radius 3 is 3.12 bits per heavy atom. The number of amides is 1. The van der Waals surface area contributed by atoms with Crippen LogP contribution in [0.4, 0.5) is 4.79 Å². The number of carbonyl (C=O) groups excluding carboxylic acids is 1. The molecule has 0 bridgehead atoms. The molecule has 1 fully saturated rings. The van der Waals surface area contributed by atoms with E-state index < -0.39 is 11.0 Å². The van der Waals surface area contributed by atoms with Gasteiger partial charge in [0.05, 0.1) is 4.92 Å². The molecular formula is C8H11BrN2O4S. The second-order valence-electron chi connectivity index (χ2n) is 2.91. The van der Waals surface area contributed by atoms with Crippen LogP contribution in [0, 0.1) is 10.1 Å². The summed E-state index contributed by atoms with van der Waals surface area (Å²) in [5.74, 6) is 0.780. The number of hydrogen-bond acceptors (Lipinski definition) is 5. The van der Waals surface area contributed by atoms with Crippen LogP contribution in [0.3, 0.4) is 0 Å². The van der Waals surface area contributed by atoms with Gasteiger partial charge < -0.3 is 4.74 Å². The maximum absolute atomic E-state index is 11.6. The average molecular weight is 311 g/mol. The molecule has 16 heavy (non-hydrogen) atoms. The quantitative estimate of drug-likeness (QED) is 0.453. The molecule has 0 spiro atoms. The third-order valence-corrected chi connectivity index (χ3v) is 3.22. The molecule has 0 atom stereocenters. The van der Waals surface area contributed by atoms with Crippen LogP contribution in [-0.4, -0.2) is 40.2 Å². The highest BCUT2D eigenvalue weighted by Gasteiger charge is 2.25. The van der Waals surface area contributed by atoms with Gasteiger partial charge in [0.2, 0.25) is 0 Å². The molecule has 1 aliphatic heterocycles. The molecule has 1 saturated heterocycles. The first-order valence-corrected chi connectivity index (χ1v) is 6.74. The molecule has 1 rings (SSSR count). The topological polar surface area (TPSA) is 72.7 Å². The van der Waals surface area contributed by atoms with Gasteiger partial charge in [-0.3, -0.25) is 15.0 Å². The minimum Gasteiger partial charge on any atom is -0.448 e. The van der Waals surface area contributed by atoms with Crippen molar-refractivity contribution in [2.24, 2.45) is 0 Å². The van der Waals surface area contributed by atoms with Crippen molar-refractivity contribution in [3.8, 4) is 0 Å². The summed E-state index contributed by atoms with van der Waals surface area (Å²) in [6.45, 7) is 0.722. The van der Waals surface area contributed by atoms with Crippen LogP contribution in [0.1, 0.15) is 6.42 Å². The van der Waals surface area contributed by atoms with Gasteiger partial charge in [0, 0.05) is 17.6 Å². The lowest BCUT2D eigenvalue weighted by molar-refractivity contribution is -0.403. The molecule has 0 aliphatic carbocycles. The number of nitrogens with zero attached hydrogens (tertiary/aromatic N) is 2. The highest BCUT2D eigenvalue weighted by Crippen LogP contribution is 2.27. The minimum absolute atomic E-state index is 0.256. The van der Waals surface area contributed by atoms with Crippen molar-refractivity contribution in [3.63, 3.8) is 0 Å². The van der Waals surface area contributed by atoms with Crippen molar-refractivity contribution in [2.75, 3.05) is 24.2 Å². The zero-order chi connectivity index (χ0) is 12.0. The molecule has 1 aliphatic rings. The Morgan fingerprint density at radius 2 is 2.50 bits per heavy atom. The number of thioether (sulfide) groups is 1. The summed E-state index contributed by atoms with van der Waals surface area (Å²) in [4.78, 5) is 22.7. The predicted molar refractivity (Wildman–Crippen MR) is 64.0 cm³/mol. The number of halogens is 1. The van der Waals surface area contributed by atoms with Gasteiger partial charge in [-0.2, -0.15) is 0 Å². The van der Waals surface area contributed by atoms with E-state index in [2.05, 4.69) is 15.9 Å². The number of nitro groups is 1. The van der Waals surface area contributed by atoms with E-state index in [1.807, 2.05) is 0 Å². The molecular weight excluding hydrogens is 300 g/mol. The summed E-state index contributed by atoms with van der Waals surface area (Å²) >= 11 is 4.43. The van der Waals surface area contributed by atoms with Crippen LogP contribution >= 0.6 is 27.7 Å². The summed E-state index contributed by atoms with van der Waals surface area (Å²) in [7, 11) is 0. The molecule has 0 saturated carbocycles. The number of ether oxygens (including phenoxy) is 1. The van der Waals surface area contributed by atoms with Gasteiger partial charge in [0.1, 0.15) is 6.61 Å². The highest BCUT2D eigenvalue weighted by atomic mass is 79.9. The van der Waals surface area contributed by atoms with Crippen LogP contribution in [0.2, 0.25) is 0 Å². The number of carbonyl (C=O) groups is 1. The first kappa shape index (κ1) is 13.3. The fourth-order valence-corrected chi connectivity index (χ4v) is 2.30. The van der Waals surface area contributed by atoms with Gasteiger partial charge in [-0.05, 0) is 6.42 Å². The fraction of sp³-hybridized carbons (Fsp3) is 0.625. The summed E-state index contributed by atoms with van der Waals surface area (Å²) in [5.41, 5.74) is 0. The van der Waals surface area contributed by atoms with Gasteiger partial charge in [0.15, 0.2) is 5.03 Å². The van der Waals surface area contributed by atoms with Crippen molar-refractivity contribution in [2.45, 2.75) is 6.42 Å². The Kier molecular flexibility index (Phi) is 5.61. The van der Waals surface area contributed by atoms with Gasteiger partial charge in [-0.25, -0.2) is 4.79 Å². The third kappa shape index (κ3) is 4.01. The lowest BCUT2D eigenvalue weighted by Crippen LogP contribution is -2.34. The average Bonchev–Trinajstić information content (AvgIpc) is 2.26. The Morgan fingerprint density at radius 1 is 1.75 bits per heavy atom. The summed E-state index contributed by atoms with van der Waals surface area (Å²) in [6, 6.07) is 0. The van der Waals surface area contributed by atoms with E-state index >= 15 is 0 Å². The number of rotatable bonds is 3. The summed E-state index contributed by atoms with van der Waals surface area (Å²) < 4.78 is 4.91. The van der Waals surface area contributed by atoms with Crippen LogP contribution < -0.4 is 0 Å². The maximum Gasteiger partial charge on any atom is 0.414 e. The minimum atomic E-state index is -0.557. The molecule has 8 heteroatoms. The Balaban J connectivity index is 2.66. The molecule has 0 aromatic carbocycles. The molecule has 6 nitrogen and oxygen atoms in total. The van der Waals surface area contributed by atoms with Crippen LogP contribution in [0.25, 0.3) is 0 Å².